The summed E-state index contributed by atoms with van der Waals surface area (Å²) in [6.07, 6.45) is 2.22. The second-order valence-corrected chi connectivity index (χ2v) is 9.06. The van der Waals surface area contributed by atoms with E-state index in [1.165, 1.54) is 18.1 Å². The van der Waals surface area contributed by atoms with Gasteiger partial charge < -0.3 is 4.43 Å². The molecule has 14 heavy (non-hydrogen) atoms. The van der Waals surface area contributed by atoms with Crippen LogP contribution in [0.15, 0.2) is 11.8 Å². The van der Waals surface area contributed by atoms with Crippen LogP contribution in [-0.2, 0) is 4.43 Å². The number of allylic oxidation sites excluding steroid dienone is 2. The van der Waals surface area contributed by atoms with Crippen molar-refractivity contribution in [2.45, 2.75) is 59.7 Å². The Kier molecular flexibility index (Phi) is 6.17. The van der Waals surface area contributed by atoms with Gasteiger partial charge in [-0.05, 0) is 37.0 Å². The molecule has 0 radical (unpaired) electrons. The van der Waals surface area contributed by atoms with Crippen molar-refractivity contribution in [2.24, 2.45) is 5.92 Å². The quantitative estimate of drug-likeness (QED) is 0.465. The predicted molar refractivity (Wildman–Crippen MR) is 66.9 cm³/mol. The first kappa shape index (κ1) is 13.8. The second-order valence-electron chi connectivity index (χ2n) is 4.37. The number of hydrogen-bond donors (Lipinski definition) is 0. The molecule has 0 aromatic carbocycles. The summed E-state index contributed by atoms with van der Waals surface area (Å²) in [5, 5.41) is 0. The van der Waals surface area contributed by atoms with E-state index in [2.05, 4.69) is 47.6 Å². The Balaban J connectivity index is 4.44. The van der Waals surface area contributed by atoms with Crippen LogP contribution in [0.25, 0.3) is 0 Å². The molecule has 0 fully saturated rings. The van der Waals surface area contributed by atoms with Crippen molar-refractivity contribution in [2.75, 3.05) is 0 Å². The third-order valence-electron chi connectivity index (χ3n) is 2.88. The van der Waals surface area contributed by atoms with Crippen molar-refractivity contribution < 1.29 is 4.43 Å². The summed E-state index contributed by atoms with van der Waals surface area (Å²) < 4.78 is 6.20. The molecule has 0 heterocycles. The van der Waals surface area contributed by atoms with Crippen molar-refractivity contribution in [3.05, 3.63) is 11.8 Å². The maximum absolute atomic E-state index is 6.20. The summed E-state index contributed by atoms with van der Waals surface area (Å²) in [6, 6.07) is 3.68. The van der Waals surface area contributed by atoms with E-state index < -0.39 is 8.32 Å². The molecule has 2 heteroatoms. The van der Waals surface area contributed by atoms with Gasteiger partial charge in [0.2, 0.25) is 8.32 Å². The van der Waals surface area contributed by atoms with Gasteiger partial charge in [0, 0.05) is 0 Å². The molecular formula is C12H26OSi. The molecule has 84 valence electrons. The first-order valence-corrected chi connectivity index (χ1v) is 8.40. The lowest BCUT2D eigenvalue weighted by molar-refractivity contribution is 0.401. The summed E-state index contributed by atoms with van der Waals surface area (Å²) in [5.74, 6) is 1.73. The van der Waals surface area contributed by atoms with E-state index in [-0.39, 0.29) is 0 Å². The molecule has 0 N–H and O–H groups in total. The molecule has 0 amide bonds. The van der Waals surface area contributed by atoms with Crippen LogP contribution in [0.3, 0.4) is 0 Å². The lowest BCUT2D eigenvalue weighted by atomic mass is 10.2. The van der Waals surface area contributed by atoms with Crippen molar-refractivity contribution in [3.63, 3.8) is 0 Å². The maximum atomic E-state index is 6.20. The molecule has 0 bridgehead atoms. The summed E-state index contributed by atoms with van der Waals surface area (Å²) in [7, 11) is -1.42. The minimum atomic E-state index is -1.42. The molecular weight excluding hydrogens is 188 g/mol. The third-order valence-corrected chi connectivity index (χ3v) is 7.50. The second kappa shape index (κ2) is 6.28. The Morgan fingerprint density at radius 3 is 1.86 bits per heavy atom. The summed E-state index contributed by atoms with van der Waals surface area (Å²) in [5.41, 5.74) is 0. The van der Waals surface area contributed by atoms with E-state index in [1.54, 1.807) is 0 Å². The SMILES string of the molecule is CC[Si](CC)(CC)OC(C)=CC(C)C. The summed E-state index contributed by atoms with van der Waals surface area (Å²) >= 11 is 0. The van der Waals surface area contributed by atoms with Gasteiger partial charge in [-0.15, -0.1) is 0 Å². The minimum absolute atomic E-state index is 0.590. The monoisotopic (exact) mass is 214 g/mol. The van der Waals surface area contributed by atoms with Crippen LogP contribution in [0.4, 0.5) is 0 Å². The summed E-state index contributed by atoms with van der Waals surface area (Å²) in [4.78, 5) is 0. The lowest BCUT2D eigenvalue weighted by Crippen LogP contribution is -2.35. The van der Waals surface area contributed by atoms with Gasteiger partial charge in [0.15, 0.2) is 0 Å². The maximum Gasteiger partial charge on any atom is 0.250 e. The molecule has 0 spiro atoms. The molecule has 0 aliphatic carbocycles. The van der Waals surface area contributed by atoms with Crippen molar-refractivity contribution in [3.8, 4) is 0 Å². The van der Waals surface area contributed by atoms with E-state index in [0.717, 1.165) is 5.76 Å². The van der Waals surface area contributed by atoms with Crippen LogP contribution in [0.2, 0.25) is 18.1 Å². The highest BCUT2D eigenvalue weighted by Gasteiger charge is 2.30. The highest BCUT2D eigenvalue weighted by molar-refractivity contribution is 6.73. The Hall–Kier alpha value is -0.243. The van der Waals surface area contributed by atoms with Gasteiger partial charge in [0.05, 0.1) is 5.76 Å². The molecule has 0 atom stereocenters. The zero-order valence-electron chi connectivity index (χ0n) is 10.7. The van der Waals surface area contributed by atoms with Crippen LogP contribution < -0.4 is 0 Å². The normalized spacial score (nSPS) is 13.5. The predicted octanol–water partition coefficient (Wildman–Crippen LogP) is 4.57. The fourth-order valence-corrected chi connectivity index (χ4v) is 4.50. The topological polar surface area (TPSA) is 9.23 Å². The average Bonchev–Trinajstić information content (AvgIpc) is 2.13. The molecule has 0 aliphatic heterocycles. The Morgan fingerprint density at radius 2 is 1.57 bits per heavy atom. The average molecular weight is 214 g/mol. The van der Waals surface area contributed by atoms with Gasteiger partial charge >= 0.3 is 0 Å². The zero-order valence-corrected chi connectivity index (χ0v) is 11.7. The van der Waals surface area contributed by atoms with Gasteiger partial charge in [-0.25, -0.2) is 0 Å². The molecule has 0 saturated heterocycles. The zero-order chi connectivity index (χ0) is 11.2. The highest BCUT2D eigenvalue weighted by atomic mass is 28.4. The van der Waals surface area contributed by atoms with Crippen LogP contribution in [-0.4, -0.2) is 8.32 Å². The van der Waals surface area contributed by atoms with E-state index in [9.17, 15) is 0 Å². The van der Waals surface area contributed by atoms with Crippen molar-refractivity contribution >= 4 is 8.32 Å². The fraction of sp³-hybridized carbons (Fsp3) is 0.833. The first-order chi connectivity index (χ1) is 6.49. The largest absolute Gasteiger partial charge is 0.547 e. The van der Waals surface area contributed by atoms with Gasteiger partial charge in [0.1, 0.15) is 0 Å². The van der Waals surface area contributed by atoms with Crippen LogP contribution in [0.5, 0.6) is 0 Å². The van der Waals surface area contributed by atoms with Gasteiger partial charge in [-0.1, -0.05) is 34.6 Å². The lowest BCUT2D eigenvalue weighted by Gasteiger charge is -2.29. The van der Waals surface area contributed by atoms with Gasteiger partial charge in [-0.2, -0.15) is 0 Å². The summed E-state index contributed by atoms with van der Waals surface area (Å²) in [6.45, 7) is 13.3. The van der Waals surface area contributed by atoms with Crippen LogP contribution >= 0.6 is 0 Å². The number of hydrogen-bond acceptors (Lipinski definition) is 1. The van der Waals surface area contributed by atoms with E-state index in [1.807, 2.05) is 0 Å². The van der Waals surface area contributed by atoms with Gasteiger partial charge in [0.25, 0.3) is 0 Å². The Bertz CT molecular complexity index is 172. The molecule has 1 nitrogen and oxygen atoms in total. The van der Waals surface area contributed by atoms with E-state index >= 15 is 0 Å². The Morgan fingerprint density at radius 1 is 1.14 bits per heavy atom. The highest BCUT2D eigenvalue weighted by Crippen LogP contribution is 2.24. The van der Waals surface area contributed by atoms with E-state index in [4.69, 9.17) is 4.43 Å². The minimum Gasteiger partial charge on any atom is -0.547 e. The molecule has 0 saturated carbocycles. The molecule has 0 aromatic rings. The van der Waals surface area contributed by atoms with E-state index in [0.29, 0.717) is 5.92 Å². The van der Waals surface area contributed by atoms with Crippen LogP contribution in [0.1, 0.15) is 41.5 Å². The molecule has 0 rings (SSSR count). The molecule has 0 aliphatic rings. The van der Waals surface area contributed by atoms with Crippen molar-refractivity contribution in [1.82, 2.24) is 0 Å². The Labute approximate surface area is 90.7 Å². The standard InChI is InChI=1S/C12H26OSi/c1-7-14(8-2,9-3)13-12(6)10-11(4)5/h10-11H,7-9H2,1-6H3. The number of rotatable bonds is 6. The smallest absolute Gasteiger partial charge is 0.250 e. The first-order valence-electron chi connectivity index (χ1n) is 5.87. The third kappa shape index (κ3) is 4.31. The molecule has 0 aromatic heterocycles. The fourth-order valence-electron chi connectivity index (χ4n) is 1.81. The van der Waals surface area contributed by atoms with Crippen LogP contribution in [0, 0.1) is 5.92 Å². The van der Waals surface area contributed by atoms with Crippen molar-refractivity contribution in [1.29, 1.82) is 0 Å². The van der Waals surface area contributed by atoms with Gasteiger partial charge in [-0.3, -0.25) is 0 Å². The molecule has 0 unspecified atom stereocenters.